The molecule has 2 aromatic carbocycles. The minimum Gasteiger partial charge on any atom is -0.487 e. The fourth-order valence-electron chi connectivity index (χ4n) is 4.42. The number of aliphatic carboxylic acids is 1. The molecule has 2 atom stereocenters. The number of rotatable bonds is 7. The smallest absolute Gasteiger partial charge is 0.307 e. The van der Waals surface area contributed by atoms with E-state index in [4.69, 9.17) is 9.84 Å². The zero-order chi connectivity index (χ0) is 23.8. The molecule has 2 heterocycles. The van der Waals surface area contributed by atoms with Crippen LogP contribution in [0, 0.1) is 19.8 Å². The molecule has 1 saturated carbocycles. The molecule has 0 saturated heterocycles. The van der Waals surface area contributed by atoms with Crippen LogP contribution in [0.15, 0.2) is 54.7 Å². The summed E-state index contributed by atoms with van der Waals surface area (Å²) in [7, 11) is 1.75. The fraction of sp³-hybridized carbons (Fsp3) is 0.269. The van der Waals surface area contributed by atoms with Crippen LogP contribution in [0.25, 0.3) is 22.5 Å². The molecule has 2 aromatic heterocycles. The molecule has 0 unspecified atom stereocenters. The third kappa shape index (κ3) is 4.39. The van der Waals surface area contributed by atoms with Crippen molar-refractivity contribution in [1.82, 2.24) is 25.2 Å². The minimum atomic E-state index is -0.752. The summed E-state index contributed by atoms with van der Waals surface area (Å²) in [6.07, 6.45) is 2.33. The second kappa shape index (κ2) is 8.70. The van der Waals surface area contributed by atoms with Crippen LogP contribution in [0.1, 0.15) is 34.7 Å². The summed E-state index contributed by atoms with van der Waals surface area (Å²) in [6.45, 7) is 4.59. The highest BCUT2D eigenvalue weighted by Gasteiger charge is 2.45. The molecule has 1 N–H and O–H groups in total. The van der Waals surface area contributed by atoms with E-state index >= 15 is 0 Å². The standard InChI is InChI=1S/C26H25N5O3/c1-15-9-19(25-28-30-31(3)29-25)10-16(2)24(15)18-6-4-5-17(11-18)14-34-20-7-8-23(27-13-20)21-12-22(21)26(32)33/h4-11,13,21-22H,12,14H2,1-3H3,(H,32,33)/t21-,22-/m1/s1. The first-order chi connectivity index (χ1) is 16.4. The van der Waals surface area contributed by atoms with Crippen molar-refractivity contribution in [1.29, 1.82) is 0 Å². The van der Waals surface area contributed by atoms with E-state index in [2.05, 4.69) is 58.5 Å². The van der Waals surface area contributed by atoms with E-state index < -0.39 is 5.97 Å². The number of pyridine rings is 1. The summed E-state index contributed by atoms with van der Waals surface area (Å²) in [4.78, 5) is 16.9. The lowest BCUT2D eigenvalue weighted by molar-refractivity contribution is -0.138. The predicted molar refractivity (Wildman–Crippen MR) is 126 cm³/mol. The number of ether oxygens (including phenoxy) is 1. The third-order valence-corrected chi connectivity index (χ3v) is 6.17. The first-order valence-electron chi connectivity index (χ1n) is 11.2. The molecule has 172 valence electrons. The van der Waals surface area contributed by atoms with Gasteiger partial charge in [-0.05, 0) is 83.6 Å². The Kier molecular flexibility index (Phi) is 5.57. The lowest BCUT2D eigenvalue weighted by Crippen LogP contribution is -2.00. The Morgan fingerprint density at radius 3 is 2.53 bits per heavy atom. The van der Waals surface area contributed by atoms with Crippen molar-refractivity contribution in [3.8, 4) is 28.3 Å². The largest absolute Gasteiger partial charge is 0.487 e. The second-order valence-corrected chi connectivity index (χ2v) is 8.78. The number of tetrazole rings is 1. The molecular formula is C26H25N5O3. The van der Waals surface area contributed by atoms with Gasteiger partial charge in [0.05, 0.1) is 19.2 Å². The van der Waals surface area contributed by atoms with E-state index in [1.54, 1.807) is 13.2 Å². The Morgan fingerprint density at radius 2 is 1.91 bits per heavy atom. The topological polar surface area (TPSA) is 103 Å². The molecule has 8 heteroatoms. The highest BCUT2D eigenvalue weighted by atomic mass is 16.5. The quantitative estimate of drug-likeness (QED) is 0.443. The summed E-state index contributed by atoms with van der Waals surface area (Å²) >= 11 is 0. The number of carboxylic acids is 1. The Hall–Kier alpha value is -4.07. The predicted octanol–water partition coefficient (Wildman–Crippen LogP) is 4.32. The average molecular weight is 456 g/mol. The monoisotopic (exact) mass is 455 g/mol. The third-order valence-electron chi connectivity index (χ3n) is 6.17. The normalized spacial score (nSPS) is 16.9. The van der Waals surface area contributed by atoms with Crippen molar-refractivity contribution >= 4 is 5.97 Å². The van der Waals surface area contributed by atoms with Gasteiger partial charge in [0.25, 0.3) is 0 Å². The molecule has 4 aromatic rings. The highest BCUT2D eigenvalue weighted by molar-refractivity contribution is 5.76. The van der Waals surface area contributed by atoms with E-state index in [0.717, 1.165) is 33.5 Å². The molecule has 1 aliphatic rings. The Labute approximate surface area is 197 Å². The maximum atomic E-state index is 11.1. The summed E-state index contributed by atoms with van der Waals surface area (Å²) < 4.78 is 5.95. The van der Waals surface area contributed by atoms with Gasteiger partial charge in [-0.15, -0.1) is 10.2 Å². The van der Waals surface area contributed by atoms with Gasteiger partial charge < -0.3 is 9.84 Å². The molecule has 1 fully saturated rings. The van der Waals surface area contributed by atoms with Crippen molar-refractivity contribution in [3.05, 3.63) is 77.1 Å². The second-order valence-electron chi connectivity index (χ2n) is 8.78. The maximum Gasteiger partial charge on any atom is 0.307 e. The molecule has 34 heavy (non-hydrogen) atoms. The molecule has 5 rings (SSSR count). The lowest BCUT2D eigenvalue weighted by atomic mass is 9.92. The van der Waals surface area contributed by atoms with Crippen LogP contribution in [-0.4, -0.2) is 36.3 Å². The average Bonchev–Trinajstić information content (AvgIpc) is 3.51. The number of hydrogen-bond donors (Lipinski definition) is 1. The maximum absolute atomic E-state index is 11.1. The number of nitrogens with zero attached hydrogens (tertiary/aromatic N) is 5. The van der Waals surface area contributed by atoms with Crippen LogP contribution in [0.5, 0.6) is 5.75 Å². The molecule has 0 amide bonds. The van der Waals surface area contributed by atoms with Crippen LogP contribution < -0.4 is 4.74 Å². The van der Waals surface area contributed by atoms with Gasteiger partial charge in [-0.1, -0.05) is 18.2 Å². The first kappa shape index (κ1) is 21.8. The Bertz CT molecular complexity index is 1340. The lowest BCUT2D eigenvalue weighted by Gasteiger charge is -2.13. The van der Waals surface area contributed by atoms with E-state index in [1.807, 2.05) is 24.3 Å². The van der Waals surface area contributed by atoms with Crippen LogP contribution in [0.4, 0.5) is 0 Å². The summed E-state index contributed by atoms with van der Waals surface area (Å²) in [5, 5.41) is 21.5. The summed E-state index contributed by atoms with van der Waals surface area (Å²) in [5.74, 6) is 0.236. The number of carboxylic acid groups (broad SMARTS) is 1. The van der Waals surface area contributed by atoms with Gasteiger partial charge in [0, 0.05) is 17.2 Å². The van der Waals surface area contributed by atoms with Crippen LogP contribution in [0.3, 0.4) is 0 Å². The number of aryl methyl sites for hydroxylation is 3. The zero-order valence-corrected chi connectivity index (χ0v) is 19.3. The number of benzene rings is 2. The van der Waals surface area contributed by atoms with Gasteiger partial charge >= 0.3 is 5.97 Å². The Morgan fingerprint density at radius 1 is 1.12 bits per heavy atom. The van der Waals surface area contributed by atoms with Gasteiger partial charge in [-0.3, -0.25) is 9.78 Å². The van der Waals surface area contributed by atoms with Crippen LogP contribution in [0.2, 0.25) is 0 Å². The molecule has 0 aliphatic heterocycles. The van der Waals surface area contributed by atoms with Crippen LogP contribution >= 0.6 is 0 Å². The van der Waals surface area contributed by atoms with Gasteiger partial charge in [0.1, 0.15) is 12.4 Å². The summed E-state index contributed by atoms with van der Waals surface area (Å²) in [6, 6.07) is 16.2. The first-order valence-corrected chi connectivity index (χ1v) is 11.2. The van der Waals surface area contributed by atoms with Gasteiger partial charge in [-0.25, -0.2) is 0 Å². The van der Waals surface area contributed by atoms with Gasteiger partial charge in [0.15, 0.2) is 0 Å². The molecular weight excluding hydrogens is 430 g/mol. The van der Waals surface area contributed by atoms with E-state index in [-0.39, 0.29) is 11.8 Å². The van der Waals surface area contributed by atoms with Crippen molar-refractivity contribution in [3.63, 3.8) is 0 Å². The van der Waals surface area contributed by atoms with Gasteiger partial charge in [0.2, 0.25) is 5.82 Å². The fourth-order valence-corrected chi connectivity index (χ4v) is 4.42. The SMILES string of the molecule is Cc1cc(-c2nnn(C)n2)cc(C)c1-c1cccc(COc2ccc([C@@H]3C[C@H]3C(=O)O)nc2)c1. The van der Waals surface area contributed by atoms with Crippen molar-refractivity contribution < 1.29 is 14.6 Å². The number of hydrogen-bond acceptors (Lipinski definition) is 6. The molecule has 0 bridgehead atoms. The van der Waals surface area contributed by atoms with Crippen molar-refractivity contribution in [2.75, 3.05) is 0 Å². The van der Waals surface area contributed by atoms with Crippen LogP contribution in [-0.2, 0) is 18.4 Å². The molecule has 8 nitrogen and oxygen atoms in total. The zero-order valence-electron chi connectivity index (χ0n) is 19.3. The molecule has 0 spiro atoms. The minimum absolute atomic E-state index is 0.0193. The van der Waals surface area contributed by atoms with Crippen molar-refractivity contribution in [2.45, 2.75) is 32.8 Å². The highest BCUT2D eigenvalue weighted by Crippen LogP contribution is 2.46. The van der Waals surface area contributed by atoms with E-state index in [9.17, 15) is 4.79 Å². The summed E-state index contributed by atoms with van der Waals surface area (Å²) in [5.41, 5.74) is 7.39. The number of carbonyl (C=O) groups is 1. The van der Waals surface area contributed by atoms with E-state index in [0.29, 0.717) is 24.6 Å². The molecule has 0 radical (unpaired) electrons. The number of aromatic nitrogens is 5. The molecule has 1 aliphatic carbocycles. The Balaban J connectivity index is 1.30. The van der Waals surface area contributed by atoms with Gasteiger partial charge in [-0.2, -0.15) is 4.80 Å². The van der Waals surface area contributed by atoms with Crippen molar-refractivity contribution in [2.24, 2.45) is 13.0 Å². The van der Waals surface area contributed by atoms with E-state index in [1.165, 1.54) is 10.4 Å².